The zero-order valence-electron chi connectivity index (χ0n) is 13.8. The van der Waals surface area contributed by atoms with E-state index in [1.165, 1.54) is 24.3 Å². The van der Waals surface area contributed by atoms with E-state index >= 15 is 0 Å². The number of nitrogen functional groups attached to an aromatic ring is 1. The van der Waals surface area contributed by atoms with Crippen LogP contribution in [-0.4, -0.2) is 23.4 Å². The van der Waals surface area contributed by atoms with Crippen LogP contribution in [0.2, 0.25) is 0 Å². The molecule has 4 rings (SSSR count). The van der Waals surface area contributed by atoms with Crippen LogP contribution in [0.3, 0.4) is 0 Å². The Labute approximate surface area is 153 Å². The van der Waals surface area contributed by atoms with E-state index in [1.807, 2.05) is 0 Å². The lowest BCUT2D eigenvalue weighted by atomic mass is 10.1. The average Bonchev–Trinajstić information content (AvgIpc) is 3.05. The van der Waals surface area contributed by atoms with Gasteiger partial charge in [-0.25, -0.2) is 27.9 Å². The van der Waals surface area contributed by atoms with Crippen molar-refractivity contribution in [2.24, 2.45) is 5.14 Å². The molecule has 9 heteroatoms. The summed E-state index contributed by atoms with van der Waals surface area (Å²) in [5.41, 5.74) is 9.12. The average molecular weight is 383 g/mol. The second-order valence-electron chi connectivity index (χ2n) is 5.97. The minimum atomic E-state index is -3.82. The van der Waals surface area contributed by atoms with Crippen LogP contribution >= 0.6 is 0 Å². The fraction of sp³-hybridized carbons (Fsp3) is 0. The van der Waals surface area contributed by atoms with Crippen molar-refractivity contribution in [1.82, 2.24) is 15.0 Å². The number of primary sulfonamides is 1. The molecule has 0 aliphatic carbocycles. The number of nitrogens with one attached hydrogen (secondary N) is 1. The maximum absolute atomic E-state index is 13.1. The van der Waals surface area contributed by atoms with Gasteiger partial charge in [0.05, 0.1) is 21.5 Å². The number of fused-ring (bicyclic) bond motifs is 1. The molecule has 0 aliphatic heterocycles. The van der Waals surface area contributed by atoms with Gasteiger partial charge in [-0.05, 0) is 42.0 Å². The first kappa shape index (κ1) is 17.1. The predicted molar refractivity (Wildman–Crippen MR) is 101 cm³/mol. The van der Waals surface area contributed by atoms with Crippen molar-refractivity contribution in [1.29, 1.82) is 0 Å². The molecule has 0 radical (unpaired) electrons. The van der Waals surface area contributed by atoms with Gasteiger partial charge in [-0.2, -0.15) is 0 Å². The molecule has 0 atom stereocenters. The number of nitrogens with two attached hydrogens (primary N) is 2. The van der Waals surface area contributed by atoms with Crippen LogP contribution in [0.5, 0.6) is 0 Å². The Bertz CT molecular complexity index is 1270. The smallest absolute Gasteiger partial charge is 0.238 e. The number of hydrogen-bond acceptors (Lipinski definition) is 5. The van der Waals surface area contributed by atoms with Crippen molar-refractivity contribution < 1.29 is 12.8 Å². The number of rotatable bonds is 3. The first-order valence-corrected chi connectivity index (χ1v) is 9.40. The van der Waals surface area contributed by atoms with Gasteiger partial charge >= 0.3 is 0 Å². The summed E-state index contributed by atoms with van der Waals surface area (Å²) in [6.07, 6.45) is 1.59. The highest BCUT2D eigenvalue weighted by Crippen LogP contribution is 2.30. The monoisotopic (exact) mass is 383 g/mol. The fourth-order valence-electron chi connectivity index (χ4n) is 2.76. The third-order valence-corrected chi connectivity index (χ3v) is 5.04. The van der Waals surface area contributed by atoms with Crippen LogP contribution < -0.4 is 10.9 Å². The molecule has 2 aromatic heterocycles. The van der Waals surface area contributed by atoms with Crippen molar-refractivity contribution in [3.8, 4) is 22.5 Å². The molecule has 0 saturated heterocycles. The Morgan fingerprint density at radius 2 is 1.74 bits per heavy atom. The van der Waals surface area contributed by atoms with E-state index < -0.39 is 10.0 Å². The van der Waals surface area contributed by atoms with Crippen molar-refractivity contribution in [2.75, 3.05) is 5.73 Å². The van der Waals surface area contributed by atoms with Crippen LogP contribution in [0, 0.1) is 5.82 Å². The third kappa shape index (κ3) is 3.25. The van der Waals surface area contributed by atoms with Gasteiger partial charge in [0.15, 0.2) is 0 Å². The maximum Gasteiger partial charge on any atom is 0.238 e. The lowest BCUT2D eigenvalue weighted by Crippen LogP contribution is -2.11. The molecule has 4 aromatic rings. The fourth-order valence-corrected chi connectivity index (χ4v) is 3.30. The quantitative estimate of drug-likeness (QED) is 0.501. The Morgan fingerprint density at radius 1 is 1.00 bits per heavy atom. The summed E-state index contributed by atoms with van der Waals surface area (Å²) in [5.74, 6) is 0.363. The van der Waals surface area contributed by atoms with Crippen molar-refractivity contribution in [2.45, 2.75) is 4.90 Å². The summed E-state index contributed by atoms with van der Waals surface area (Å²) in [6, 6.07) is 12.2. The van der Waals surface area contributed by atoms with Gasteiger partial charge in [0.25, 0.3) is 0 Å². The summed E-state index contributed by atoms with van der Waals surface area (Å²) in [7, 11) is -3.82. The van der Waals surface area contributed by atoms with Crippen LogP contribution in [0.25, 0.3) is 33.5 Å². The number of anilines is 1. The van der Waals surface area contributed by atoms with Gasteiger partial charge in [-0.1, -0.05) is 12.1 Å². The number of aromatic amines is 1. The molecule has 5 N–H and O–H groups in total. The number of benzene rings is 2. The molecule has 0 fully saturated rings. The van der Waals surface area contributed by atoms with E-state index in [4.69, 9.17) is 10.9 Å². The molecule has 2 aromatic carbocycles. The summed E-state index contributed by atoms with van der Waals surface area (Å²) < 4.78 is 36.2. The van der Waals surface area contributed by atoms with E-state index in [1.54, 1.807) is 30.5 Å². The second kappa shape index (κ2) is 6.15. The first-order chi connectivity index (χ1) is 12.8. The SMILES string of the molecule is Nc1ncc(-c2ccc(F)cc2)cc1-c1nc2ccc(S(N)(=O)=O)cc2[nH]1. The maximum atomic E-state index is 13.1. The number of hydrogen-bond donors (Lipinski definition) is 3. The van der Waals surface area contributed by atoms with Gasteiger partial charge in [-0.15, -0.1) is 0 Å². The topological polar surface area (TPSA) is 128 Å². The lowest BCUT2D eigenvalue weighted by molar-refractivity contribution is 0.598. The predicted octanol–water partition coefficient (Wildman–Crippen LogP) is 2.66. The Hall–Kier alpha value is -3.30. The molecule has 2 heterocycles. The van der Waals surface area contributed by atoms with Crippen LogP contribution in [0.15, 0.2) is 59.6 Å². The Morgan fingerprint density at radius 3 is 2.44 bits per heavy atom. The largest absolute Gasteiger partial charge is 0.383 e. The minimum Gasteiger partial charge on any atom is -0.383 e. The number of imidazole rings is 1. The molecule has 7 nitrogen and oxygen atoms in total. The van der Waals surface area contributed by atoms with Crippen molar-refractivity contribution in [3.63, 3.8) is 0 Å². The van der Waals surface area contributed by atoms with Crippen LogP contribution in [-0.2, 0) is 10.0 Å². The molecule has 0 spiro atoms. The number of pyridine rings is 1. The summed E-state index contributed by atoms with van der Waals surface area (Å²) in [4.78, 5) is 11.7. The highest BCUT2D eigenvalue weighted by molar-refractivity contribution is 7.89. The Balaban J connectivity index is 1.83. The van der Waals surface area contributed by atoms with Crippen molar-refractivity contribution >= 4 is 26.9 Å². The van der Waals surface area contributed by atoms with E-state index in [0.29, 0.717) is 22.4 Å². The van der Waals surface area contributed by atoms with Crippen LogP contribution in [0.4, 0.5) is 10.2 Å². The normalized spacial score (nSPS) is 11.8. The van der Waals surface area contributed by atoms with E-state index in [9.17, 15) is 12.8 Å². The first-order valence-electron chi connectivity index (χ1n) is 7.86. The minimum absolute atomic E-state index is 0.0173. The van der Waals surface area contributed by atoms with Crippen molar-refractivity contribution in [3.05, 3.63) is 60.5 Å². The Kier molecular flexibility index (Phi) is 3.90. The number of sulfonamides is 1. The zero-order chi connectivity index (χ0) is 19.2. The van der Waals surface area contributed by atoms with Gasteiger partial charge < -0.3 is 10.7 Å². The second-order valence-corrected chi connectivity index (χ2v) is 7.53. The third-order valence-electron chi connectivity index (χ3n) is 4.13. The molecule has 0 amide bonds. The standard InChI is InChI=1S/C18H14FN5O2S/c19-12-3-1-10(2-4-12)11-7-14(17(20)22-9-11)18-23-15-6-5-13(27(21,25)26)8-16(15)24-18/h1-9H,(H2,20,22)(H,23,24)(H2,21,25,26). The number of nitrogens with zero attached hydrogens (tertiary/aromatic N) is 2. The molecule has 0 aliphatic rings. The number of aromatic nitrogens is 3. The zero-order valence-corrected chi connectivity index (χ0v) is 14.7. The highest BCUT2D eigenvalue weighted by atomic mass is 32.2. The van der Waals surface area contributed by atoms with Gasteiger partial charge in [0.2, 0.25) is 10.0 Å². The lowest BCUT2D eigenvalue weighted by Gasteiger charge is -2.06. The molecular formula is C18H14FN5O2S. The van der Waals surface area contributed by atoms with Crippen LogP contribution in [0.1, 0.15) is 0 Å². The van der Waals surface area contributed by atoms with E-state index in [2.05, 4.69) is 15.0 Å². The van der Waals surface area contributed by atoms with Gasteiger partial charge in [-0.3, -0.25) is 0 Å². The summed E-state index contributed by atoms with van der Waals surface area (Å²) >= 11 is 0. The molecule has 0 bridgehead atoms. The highest BCUT2D eigenvalue weighted by Gasteiger charge is 2.14. The number of H-pyrrole nitrogens is 1. The summed E-state index contributed by atoms with van der Waals surface area (Å²) in [5, 5.41) is 5.17. The molecule has 136 valence electrons. The molecule has 0 unspecified atom stereocenters. The number of halogens is 1. The molecular weight excluding hydrogens is 369 g/mol. The van der Waals surface area contributed by atoms with Gasteiger partial charge in [0.1, 0.15) is 17.5 Å². The van der Waals surface area contributed by atoms with E-state index in [0.717, 1.165) is 11.1 Å². The van der Waals surface area contributed by atoms with E-state index in [-0.39, 0.29) is 16.5 Å². The summed E-state index contributed by atoms with van der Waals surface area (Å²) in [6.45, 7) is 0. The molecule has 27 heavy (non-hydrogen) atoms. The molecule has 0 saturated carbocycles. The van der Waals surface area contributed by atoms with Gasteiger partial charge in [0, 0.05) is 11.8 Å².